The van der Waals surface area contributed by atoms with Crippen molar-refractivity contribution in [2.24, 2.45) is 5.92 Å². The van der Waals surface area contributed by atoms with E-state index in [-0.39, 0.29) is 18.0 Å². The van der Waals surface area contributed by atoms with E-state index in [0.717, 1.165) is 19.3 Å². The molecule has 0 rings (SSSR count). The largest absolute Gasteiger partial charge is 0.462 e. The molecular weight excluding hydrogens is 188 g/mol. The Bertz CT molecular complexity index is 215. The molecule has 0 saturated heterocycles. The summed E-state index contributed by atoms with van der Waals surface area (Å²) < 4.78 is 5.26. The minimum absolute atomic E-state index is 0.00889. The molecule has 0 radical (unpaired) electrons. The number of hydrogen-bond donors (Lipinski definition) is 0. The molecule has 0 heterocycles. The molecule has 0 aromatic heterocycles. The van der Waals surface area contributed by atoms with Gasteiger partial charge in [0.1, 0.15) is 0 Å². The number of esters is 1. The average molecular weight is 212 g/mol. The van der Waals surface area contributed by atoms with E-state index < -0.39 is 0 Å². The number of carbonyl (C=O) groups excluding carboxylic acids is 1. The lowest BCUT2D eigenvalue weighted by molar-refractivity contribution is -0.152. The molecule has 0 aromatic rings. The molecule has 0 bridgehead atoms. The van der Waals surface area contributed by atoms with Crippen molar-refractivity contribution in [2.45, 2.75) is 60.0 Å². The molecule has 2 heteroatoms. The number of carbonyl (C=O) groups is 1. The van der Waals surface area contributed by atoms with Gasteiger partial charge in [-0.2, -0.15) is 0 Å². The van der Waals surface area contributed by atoms with Crippen molar-refractivity contribution >= 4 is 5.97 Å². The highest BCUT2D eigenvalue weighted by Crippen LogP contribution is 2.11. The molecule has 0 N–H and O–H groups in total. The lowest BCUT2D eigenvalue weighted by Gasteiger charge is -2.14. The maximum atomic E-state index is 11.5. The standard InChI is InChI=1S/C13H24O2/c1-6-12(5)15-13(14)11(4)9-7-8-10(2)3/h8,11-12H,6-7,9H2,1-5H3. The van der Waals surface area contributed by atoms with Gasteiger partial charge < -0.3 is 4.74 Å². The van der Waals surface area contributed by atoms with Gasteiger partial charge in [-0.05, 0) is 40.0 Å². The SMILES string of the molecule is CCC(C)OC(=O)C(C)CCC=C(C)C. The zero-order valence-electron chi connectivity index (χ0n) is 10.7. The van der Waals surface area contributed by atoms with Gasteiger partial charge in [-0.3, -0.25) is 4.79 Å². The van der Waals surface area contributed by atoms with Crippen LogP contribution < -0.4 is 0 Å². The van der Waals surface area contributed by atoms with Gasteiger partial charge in [0.25, 0.3) is 0 Å². The number of allylic oxidation sites excluding steroid dienone is 2. The summed E-state index contributed by atoms with van der Waals surface area (Å²) in [5.74, 6) is -0.0545. The maximum Gasteiger partial charge on any atom is 0.308 e. The molecule has 2 atom stereocenters. The monoisotopic (exact) mass is 212 g/mol. The zero-order chi connectivity index (χ0) is 11.8. The highest BCUT2D eigenvalue weighted by Gasteiger charge is 2.15. The van der Waals surface area contributed by atoms with Crippen molar-refractivity contribution in [1.29, 1.82) is 0 Å². The lowest BCUT2D eigenvalue weighted by atomic mass is 10.0. The van der Waals surface area contributed by atoms with Crippen molar-refractivity contribution in [1.82, 2.24) is 0 Å². The van der Waals surface area contributed by atoms with Crippen LogP contribution in [0.2, 0.25) is 0 Å². The maximum absolute atomic E-state index is 11.5. The van der Waals surface area contributed by atoms with E-state index >= 15 is 0 Å². The summed E-state index contributed by atoms with van der Waals surface area (Å²) in [5, 5.41) is 0. The quantitative estimate of drug-likeness (QED) is 0.495. The third kappa shape index (κ3) is 7.18. The van der Waals surface area contributed by atoms with E-state index in [1.165, 1.54) is 5.57 Å². The molecule has 15 heavy (non-hydrogen) atoms. The Hall–Kier alpha value is -0.790. The summed E-state index contributed by atoms with van der Waals surface area (Å²) in [6.45, 7) is 10.0. The van der Waals surface area contributed by atoms with E-state index in [9.17, 15) is 4.79 Å². The molecule has 0 aliphatic rings. The predicted molar refractivity (Wildman–Crippen MR) is 63.7 cm³/mol. The molecule has 0 aliphatic carbocycles. The van der Waals surface area contributed by atoms with Crippen LogP contribution in [-0.4, -0.2) is 12.1 Å². The van der Waals surface area contributed by atoms with E-state index in [2.05, 4.69) is 19.9 Å². The van der Waals surface area contributed by atoms with Crippen LogP contribution in [0, 0.1) is 5.92 Å². The van der Waals surface area contributed by atoms with Crippen LogP contribution in [0.4, 0.5) is 0 Å². The van der Waals surface area contributed by atoms with E-state index in [0.29, 0.717) is 0 Å². The highest BCUT2D eigenvalue weighted by molar-refractivity contribution is 5.72. The van der Waals surface area contributed by atoms with Crippen LogP contribution in [0.25, 0.3) is 0 Å². The van der Waals surface area contributed by atoms with Crippen molar-refractivity contribution in [3.8, 4) is 0 Å². The van der Waals surface area contributed by atoms with Crippen LogP contribution in [-0.2, 0) is 9.53 Å². The first kappa shape index (κ1) is 14.2. The molecule has 88 valence electrons. The van der Waals surface area contributed by atoms with E-state index in [4.69, 9.17) is 4.74 Å². The molecule has 0 spiro atoms. The second-order valence-corrected chi connectivity index (χ2v) is 4.42. The van der Waals surface area contributed by atoms with Crippen LogP contribution >= 0.6 is 0 Å². The number of hydrogen-bond acceptors (Lipinski definition) is 2. The van der Waals surface area contributed by atoms with Crippen molar-refractivity contribution in [2.75, 3.05) is 0 Å². The van der Waals surface area contributed by atoms with Gasteiger partial charge in [0.05, 0.1) is 12.0 Å². The predicted octanol–water partition coefficient (Wildman–Crippen LogP) is 3.71. The van der Waals surface area contributed by atoms with Crippen molar-refractivity contribution < 1.29 is 9.53 Å². The Morgan fingerprint density at radius 1 is 1.33 bits per heavy atom. The first-order chi connectivity index (χ1) is 6.97. The summed E-state index contributed by atoms with van der Waals surface area (Å²) in [6, 6.07) is 0. The summed E-state index contributed by atoms with van der Waals surface area (Å²) >= 11 is 0. The summed E-state index contributed by atoms with van der Waals surface area (Å²) in [7, 11) is 0. The Labute approximate surface area is 93.7 Å². The fourth-order valence-electron chi connectivity index (χ4n) is 1.14. The van der Waals surface area contributed by atoms with Gasteiger partial charge in [-0.25, -0.2) is 0 Å². The lowest BCUT2D eigenvalue weighted by Crippen LogP contribution is -2.20. The zero-order valence-corrected chi connectivity index (χ0v) is 10.7. The molecular formula is C13H24O2. The number of rotatable bonds is 6. The minimum Gasteiger partial charge on any atom is -0.462 e. The average Bonchev–Trinajstić information content (AvgIpc) is 2.16. The second-order valence-electron chi connectivity index (χ2n) is 4.42. The molecule has 0 fully saturated rings. The van der Waals surface area contributed by atoms with Crippen LogP contribution in [0.5, 0.6) is 0 Å². The molecule has 0 saturated carbocycles. The van der Waals surface area contributed by atoms with Crippen LogP contribution in [0.1, 0.15) is 53.9 Å². The molecule has 2 unspecified atom stereocenters. The molecule has 0 amide bonds. The minimum atomic E-state index is -0.0634. The van der Waals surface area contributed by atoms with E-state index in [1.54, 1.807) is 0 Å². The summed E-state index contributed by atoms with van der Waals surface area (Å²) in [5.41, 5.74) is 1.30. The molecule has 0 aromatic carbocycles. The fourth-order valence-corrected chi connectivity index (χ4v) is 1.14. The topological polar surface area (TPSA) is 26.3 Å². The second kappa shape index (κ2) is 7.49. The molecule has 2 nitrogen and oxygen atoms in total. The van der Waals surface area contributed by atoms with Crippen molar-refractivity contribution in [3.05, 3.63) is 11.6 Å². The van der Waals surface area contributed by atoms with Crippen molar-refractivity contribution in [3.63, 3.8) is 0 Å². The fraction of sp³-hybridized carbons (Fsp3) is 0.769. The molecule has 0 aliphatic heterocycles. The van der Waals surface area contributed by atoms with Crippen LogP contribution in [0.3, 0.4) is 0 Å². The normalized spacial score (nSPS) is 14.2. The van der Waals surface area contributed by atoms with E-state index in [1.807, 2.05) is 20.8 Å². The van der Waals surface area contributed by atoms with Gasteiger partial charge in [0.2, 0.25) is 0 Å². The van der Waals surface area contributed by atoms with Crippen LogP contribution in [0.15, 0.2) is 11.6 Å². The Balaban J connectivity index is 3.84. The summed E-state index contributed by atoms with van der Waals surface area (Å²) in [6.07, 6.45) is 4.92. The third-order valence-electron chi connectivity index (χ3n) is 2.45. The van der Waals surface area contributed by atoms with Gasteiger partial charge in [-0.15, -0.1) is 0 Å². The third-order valence-corrected chi connectivity index (χ3v) is 2.45. The first-order valence-electron chi connectivity index (χ1n) is 5.81. The van der Waals surface area contributed by atoms with Gasteiger partial charge >= 0.3 is 5.97 Å². The van der Waals surface area contributed by atoms with Gasteiger partial charge in [-0.1, -0.05) is 25.5 Å². The first-order valence-corrected chi connectivity index (χ1v) is 5.81. The number of ether oxygens (including phenoxy) is 1. The Kier molecular flexibility index (Phi) is 7.10. The highest BCUT2D eigenvalue weighted by atomic mass is 16.5. The van der Waals surface area contributed by atoms with Gasteiger partial charge in [0.15, 0.2) is 0 Å². The Morgan fingerprint density at radius 3 is 2.40 bits per heavy atom. The smallest absolute Gasteiger partial charge is 0.308 e. The Morgan fingerprint density at radius 2 is 1.93 bits per heavy atom. The van der Waals surface area contributed by atoms with Gasteiger partial charge in [0, 0.05) is 0 Å². The summed E-state index contributed by atoms with van der Waals surface area (Å²) in [4.78, 5) is 11.5.